The Balaban J connectivity index is 1.87. The Morgan fingerprint density at radius 1 is 1.50 bits per heavy atom. The largest absolute Gasteiger partial charge is 0.474 e. The molecule has 1 heterocycles. The molecule has 0 spiro atoms. The first kappa shape index (κ1) is 9.46. The Morgan fingerprint density at radius 2 is 2.29 bits per heavy atom. The molecule has 0 bridgehead atoms. The predicted octanol–water partition coefficient (Wildman–Crippen LogP) is 1.52. The minimum Gasteiger partial charge on any atom is -0.474 e. The topological polar surface area (TPSA) is 34.1 Å². The van der Waals surface area contributed by atoms with Gasteiger partial charge in [0.1, 0.15) is 6.10 Å². The summed E-state index contributed by atoms with van der Waals surface area (Å²) in [5.74, 6) is 0.754. The predicted molar refractivity (Wildman–Crippen MR) is 55.5 cm³/mol. The average Bonchev–Trinajstić information content (AvgIpc) is 2.10. The summed E-state index contributed by atoms with van der Waals surface area (Å²) in [7, 11) is 1.99. The number of nitrogens with zero attached hydrogens (tertiary/aromatic N) is 1. The number of hydrogen-bond acceptors (Lipinski definition) is 3. The van der Waals surface area contributed by atoms with Gasteiger partial charge in [0.15, 0.2) is 0 Å². The molecule has 1 fully saturated rings. The van der Waals surface area contributed by atoms with E-state index < -0.39 is 0 Å². The van der Waals surface area contributed by atoms with Crippen LogP contribution in [-0.2, 0) is 0 Å². The zero-order chi connectivity index (χ0) is 9.97. The molecule has 3 nitrogen and oxygen atoms in total. The number of aromatic nitrogens is 1. The molecule has 1 N–H and O–H groups in total. The molecule has 0 radical (unpaired) electrons. The third-order valence-electron chi connectivity index (χ3n) is 2.68. The molecule has 1 saturated carbocycles. The van der Waals surface area contributed by atoms with Gasteiger partial charge < -0.3 is 10.1 Å². The Labute approximate surface area is 84.5 Å². The lowest BCUT2D eigenvalue weighted by atomic mass is 9.89. The summed E-state index contributed by atoms with van der Waals surface area (Å²) in [4.78, 5) is 4.17. The van der Waals surface area contributed by atoms with Gasteiger partial charge in [-0.1, -0.05) is 0 Å². The minimum atomic E-state index is 0.349. The van der Waals surface area contributed by atoms with Gasteiger partial charge in [0.2, 0.25) is 5.88 Å². The molecule has 0 saturated heterocycles. The number of rotatable bonds is 3. The highest BCUT2D eigenvalue weighted by Gasteiger charge is 2.29. The van der Waals surface area contributed by atoms with Crippen LogP contribution in [0.4, 0.5) is 0 Å². The molecule has 0 unspecified atom stereocenters. The zero-order valence-electron chi connectivity index (χ0n) is 8.66. The molecule has 0 aliphatic heterocycles. The smallest absolute Gasteiger partial charge is 0.213 e. The molecule has 1 aliphatic carbocycles. The number of ether oxygens (including phenoxy) is 1. The fourth-order valence-electron chi connectivity index (χ4n) is 1.64. The van der Waals surface area contributed by atoms with Crippen LogP contribution >= 0.6 is 0 Å². The summed E-state index contributed by atoms with van der Waals surface area (Å²) in [6.45, 7) is 2.05. The molecular weight excluding hydrogens is 176 g/mol. The summed E-state index contributed by atoms with van der Waals surface area (Å²) < 4.78 is 5.71. The highest BCUT2D eigenvalue weighted by Crippen LogP contribution is 2.24. The fourth-order valence-corrected chi connectivity index (χ4v) is 1.64. The maximum atomic E-state index is 5.71. The fraction of sp³-hybridized carbons (Fsp3) is 0.545. The SMILES string of the molecule is CN[C@H]1C[C@@H](Oc2cc(C)ccn2)C1. The lowest BCUT2D eigenvalue weighted by molar-refractivity contribution is 0.0838. The van der Waals surface area contributed by atoms with E-state index in [0.717, 1.165) is 18.7 Å². The molecule has 76 valence electrons. The van der Waals surface area contributed by atoms with Gasteiger partial charge in [-0.15, -0.1) is 0 Å². The van der Waals surface area contributed by atoms with Crippen molar-refractivity contribution in [2.75, 3.05) is 7.05 Å². The van der Waals surface area contributed by atoms with Gasteiger partial charge in [0.05, 0.1) is 0 Å². The maximum Gasteiger partial charge on any atom is 0.213 e. The molecule has 1 aromatic heterocycles. The van der Waals surface area contributed by atoms with Crippen LogP contribution in [0.2, 0.25) is 0 Å². The standard InChI is InChI=1S/C11H16N2O/c1-8-3-4-13-11(5-8)14-10-6-9(7-10)12-2/h3-5,9-10,12H,6-7H2,1-2H3/t9-,10+. The van der Waals surface area contributed by atoms with Crippen molar-refractivity contribution < 1.29 is 4.74 Å². The monoisotopic (exact) mass is 192 g/mol. The highest BCUT2D eigenvalue weighted by molar-refractivity contribution is 5.19. The van der Waals surface area contributed by atoms with E-state index in [0.29, 0.717) is 12.1 Å². The van der Waals surface area contributed by atoms with Crippen LogP contribution in [0.15, 0.2) is 18.3 Å². The van der Waals surface area contributed by atoms with Crippen molar-refractivity contribution in [3.63, 3.8) is 0 Å². The molecule has 0 amide bonds. The minimum absolute atomic E-state index is 0.349. The van der Waals surface area contributed by atoms with Crippen LogP contribution < -0.4 is 10.1 Å². The van der Waals surface area contributed by atoms with Crippen LogP contribution in [0, 0.1) is 6.92 Å². The van der Waals surface area contributed by atoms with Crippen molar-refractivity contribution >= 4 is 0 Å². The van der Waals surface area contributed by atoms with Gasteiger partial charge in [-0.25, -0.2) is 4.98 Å². The number of nitrogens with one attached hydrogen (secondary N) is 1. The summed E-state index contributed by atoms with van der Waals surface area (Å²) >= 11 is 0. The highest BCUT2D eigenvalue weighted by atomic mass is 16.5. The molecule has 2 rings (SSSR count). The molecular formula is C11H16N2O. The zero-order valence-corrected chi connectivity index (χ0v) is 8.66. The van der Waals surface area contributed by atoms with E-state index in [1.165, 1.54) is 5.56 Å². The second-order valence-corrected chi connectivity index (χ2v) is 3.87. The summed E-state index contributed by atoms with van der Waals surface area (Å²) in [5, 5.41) is 3.23. The van der Waals surface area contributed by atoms with Crippen molar-refractivity contribution in [1.29, 1.82) is 0 Å². The van der Waals surface area contributed by atoms with Crippen LogP contribution in [0.3, 0.4) is 0 Å². The maximum absolute atomic E-state index is 5.71. The first-order valence-electron chi connectivity index (χ1n) is 5.04. The second-order valence-electron chi connectivity index (χ2n) is 3.87. The number of aryl methyl sites for hydroxylation is 1. The van der Waals surface area contributed by atoms with E-state index in [9.17, 15) is 0 Å². The van der Waals surface area contributed by atoms with E-state index in [1.807, 2.05) is 26.1 Å². The number of pyridine rings is 1. The average molecular weight is 192 g/mol. The van der Waals surface area contributed by atoms with E-state index >= 15 is 0 Å². The van der Waals surface area contributed by atoms with Crippen molar-refractivity contribution in [1.82, 2.24) is 10.3 Å². The third-order valence-corrected chi connectivity index (χ3v) is 2.68. The molecule has 0 atom stereocenters. The van der Waals surface area contributed by atoms with E-state index in [4.69, 9.17) is 4.74 Å². The number of hydrogen-bond donors (Lipinski definition) is 1. The second kappa shape index (κ2) is 3.96. The summed E-state index contributed by atoms with van der Waals surface area (Å²) in [5.41, 5.74) is 1.19. The third kappa shape index (κ3) is 2.04. The molecule has 1 aliphatic rings. The van der Waals surface area contributed by atoms with Gasteiger partial charge >= 0.3 is 0 Å². The normalized spacial score (nSPS) is 25.6. The summed E-state index contributed by atoms with van der Waals surface area (Å²) in [6, 6.07) is 4.58. The van der Waals surface area contributed by atoms with E-state index in [-0.39, 0.29) is 0 Å². The Morgan fingerprint density at radius 3 is 2.93 bits per heavy atom. The molecule has 1 aromatic rings. The van der Waals surface area contributed by atoms with Gasteiger partial charge in [-0.3, -0.25) is 0 Å². The molecule has 3 heteroatoms. The van der Waals surface area contributed by atoms with Crippen LogP contribution in [0.1, 0.15) is 18.4 Å². The van der Waals surface area contributed by atoms with Crippen LogP contribution in [-0.4, -0.2) is 24.2 Å². The van der Waals surface area contributed by atoms with Crippen molar-refractivity contribution in [3.8, 4) is 5.88 Å². The Kier molecular flexibility index (Phi) is 2.68. The van der Waals surface area contributed by atoms with Crippen molar-refractivity contribution in [2.45, 2.75) is 31.9 Å². The Bertz CT molecular complexity index is 308. The van der Waals surface area contributed by atoms with Gasteiger partial charge in [0, 0.05) is 18.3 Å². The first-order valence-corrected chi connectivity index (χ1v) is 5.04. The van der Waals surface area contributed by atoms with Crippen LogP contribution in [0.25, 0.3) is 0 Å². The lowest BCUT2D eigenvalue weighted by Gasteiger charge is -2.34. The lowest BCUT2D eigenvalue weighted by Crippen LogP contribution is -2.45. The van der Waals surface area contributed by atoms with E-state index in [2.05, 4.69) is 10.3 Å². The molecule has 14 heavy (non-hydrogen) atoms. The van der Waals surface area contributed by atoms with Crippen LogP contribution in [0.5, 0.6) is 5.88 Å². The van der Waals surface area contributed by atoms with Crippen molar-refractivity contribution in [2.24, 2.45) is 0 Å². The van der Waals surface area contributed by atoms with Crippen molar-refractivity contribution in [3.05, 3.63) is 23.9 Å². The first-order chi connectivity index (χ1) is 6.78. The van der Waals surface area contributed by atoms with Gasteiger partial charge in [0.25, 0.3) is 0 Å². The quantitative estimate of drug-likeness (QED) is 0.788. The molecule has 0 aromatic carbocycles. The van der Waals surface area contributed by atoms with Gasteiger partial charge in [-0.05, 0) is 38.4 Å². The van der Waals surface area contributed by atoms with Gasteiger partial charge in [-0.2, -0.15) is 0 Å². The Hall–Kier alpha value is -1.09. The summed E-state index contributed by atoms with van der Waals surface area (Å²) in [6.07, 6.45) is 4.32. The van der Waals surface area contributed by atoms with E-state index in [1.54, 1.807) is 6.20 Å².